The van der Waals surface area contributed by atoms with Gasteiger partial charge in [0.1, 0.15) is 0 Å². The summed E-state index contributed by atoms with van der Waals surface area (Å²) in [5.74, 6) is 0. The van der Waals surface area contributed by atoms with Crippen molar-refractivity contribution in [3.05, 3.63) is 35.9 Å². The smallest absolute Gasteiger partial charge is 0.0973 e. The van der Waals surface area contributed by atoms with E-state index in [-0.39, 0.29) is 19.2 Å². The van der Waals surface area contributed by atoms with Gasteiger partial charge in [0.15, 0.2) is 0 Å². The van der Waals surface area contributed by atoms with Crippen molar-refractivity contribution in [3.8, 4) is 6.07 Å². The van der Waals surface area contributed by atoms with Crippen molar-refractivity contribution in [1.29, 1.82) is 5.26 Å². The van der Waals surface area contributed by atoms with E-state index >= 15 is 0 Å². The topological polar surface area (TPSA) is 76.3 Å². The number of aliphatic hydroxyl groups excluding tert-OH is 1. The molecule has 0 aliphatic heterocycles. The van der Waals surface area contributed by atoms with Gasteiger partial charge in [0, 0.05) is 12.6 Å². The summed E-state index contributed by atoms with van der Waals surface area (Å²) in [6, 6.07) is 11.6. The van der Waals surface area contributed by atoms with Gasteiger partial charge in [0.2, 0.25) is 0 Å². The quantitative estimate of drug-likeness (QED) is 0.685. The zero-order valence-corrected chi connectivity index (χ0v) is 9.93. The third-order valence-electron chi connectivity index (χ3n) is 2.57. The number of nitrogens with one attached hydrogen (secondary N) is 1. The van der Waals surface area contributed by atoms with E-state index in [9.17, 15) is 5.11 Å². The summed E-state index contributed by atoms with van der Waals surface area (Å²) in [6.07, 6.45) is 0.325. The number of aliphatic hydroxyl groups is 2. The Labute approximate surface area is 102 Å². The molecule has 0 saturated carbocycles. The largest absolute Gasteiger partial charge is 0.393 e. The van der Waals surface area contributed by atoms with Crippen LogP contribution in [0.1, 0.15) is 24.9 Å². The number of nitriles is 1. The Hall–Kier alpha value is -1.41. The summed E-state index contributed by atoms with van der Waals surface area (Å²) in [4.78, 5) is 0. The van der Waals surface area contributed by atoms with Crippen LogP contribution in [0, 0.1) is 11.3 Å². The molecule has 0 aromatic heterocycles. The zero-order valence-electron chi connectivity index (χ0n) is 9.93. The molecule has 2 atom stereocenters. The molecule has 2 unspecified atom stereocenters. The van der Waals surface area contributed by atoms with Crippen LogP contribution in [0.25, 0.3) is 0 Å². The first kappa shape index (κ1) is 13.7. The van der Waals surface area contributed by atoms with E-state index in [4.69, 9.17) is 10.4 Å². The minimum Gasteiger partial charge on any atom is -0.393 e. The van der Waals surface area contributed by atoms with Crippen LogP contribution in [0.5, 0.6) is 0 Å². The van der Waals surface area contributed by atoms with E-state index in [1.807, 2.05) is 30.3 Å². The summed E-state index contributed by atoms with van der Waals surface area (Å²) in [7, 11) is 0. The Morgan fingerprint density at radius 3 is 2.59 bits per heavy atom. The molecule has 0 saturated heterocycles. The van der Waals surface area contributed by atoms with Gasteiger partial charge in [-0.05, 0) is 12.5 Å². The van der Waals surface area contributed by atoms with E-state index in [2.05, 4.69) is 11.4 Å². The van der Waals surface area contributed by atoms with Crippen molar-refractivity contribution in [1.82, 2.24) is 5.32 Å². The first-order chi connectivity index (χ1) is 8.09. The number of hydrogen-bond acceptors (Lipinski definition) is 4. The summed E-state index contributed by atoms with van der Waals surface area (Å²) >= 11 is 0. The number of nitrogens with zero attached hydrogens (tertiary/aromatic N) is 1. The molecule has 3 N–H and O–H groups in total. The molecule has 0 aliphatic rings. The molecule has 4 nitrogen and oxygen atoms in total. The summed E-state index contributed by atoms with van der Waals surface area (Å²) in [6.45, 7) is 1.48. The molecule has 0 fully saturated rings. The Morgan fingerprint density at radius 1 is 1.41 bits per heavy atom. The first-order valence-corrected chi connectivity index (χ1v) is 5.57. The minimum atomic E-state index is -1.16. The van der Waals surface area contributed by atoms with Gasteiger partial charge in [-0.1, -0.05) is 30.3 Å². The van der Waals surface area contributed by atoms with Crippen molar-refractivity contribution in [2.75, 3.05) is 13.2 Å². The lowest BCUT2D eigenvalue weighted by Crippen LogP contribution is -2.42. The van der Waals surface area contributed by atoms with Crippen molar-refractivity contribution >= 4 is 0 Å². The predicted octanol–water partition coefficient (Wildman–Crippen LogP) is 0.974. The molecule has 1 aromatic rings. The summed E-state index contributed by atoms with van der Waals surface area (Å²) < 4.78 is 0. The molecular weight excluding hydrogens is 216 g/mol. The second-order valence-corrected chi connectivity index (χ2v) is 4.36. The van der Waals surface area contributed by atoms with Gasteiger partial charge in [0.05, 0.1) is 24.7 Å². The molecule has 0 radical (unpaired) electrons. The molecule has 0 bridgehead atoms. The Bertz CT molecular complexity index is 371. The molecular formula is C13H18N2O2. The number of rotatable bonds is 6. The Morgan fingerprint density at radius 2 is 2.06 bits per heavy atom. The predicted molar refractivity (Wildman–Crippen MR) is 65.1 cm³/mol. The minimum absolute atomic E-state index is 0.126. The Kier molecular flexibility index (Phi) is 5.11. The molecule has 1 aromatic carbocycles. The lowest BCUT2D eigenvalue weighted by Gasteiger charge is -2.24. The lowest BCUT2D eigenvalue weighted by atomic mass is 10.0. The van der Waals surface area contributed by atoms with Gasteiger partial charge in [-0.3, -0.25) is 0 Å². The fourth-order valence-electron chi connectivity index (χ4n) is 1.48. The van der Waals surface area contributed by atoms with Crippen LogP contribution in [0.2, 0.25) is 0 Å². The molecule has 0 aliphatic carbocycles. The number of benzene rings is 1. The van der Waals surface area contributed by atoms with Crippen LogP contribution in [-0.2, 0) is 0 Å². The first-order valence-electron chi connectivity index (χ1n) is 5.57. The average molecular weight is 234 g/mol. The third-order valence-corrected chi connectivity index (χ3v) is 2.57. The normalized spacial score (nSPS) is 15.9. The SMILES string of the molecule is CC(O)(CO)CNC(CC#N)c1ccccc1. The van der Waals surface area contributed by atoms with E-state index in [1.54, 1.807) is 6.92 Å². The standard InChI is InChI=1S/C13H18N2O2/c1-13(17,10-16)9-15-12(7-8-14)11-5-3-2-4-6-11/h2-6,12,15-17H,7,9-10H2,1H3. The maximum Gasteiger partial charge on any atom is 0.0973 e. The van der Waals surface area contributed by atoms with Crippen molar-refractivity contribution in [2.24, 2.45) is 0 Å². The third kappa shape index (κ3) is 4.53. The molecule has 0 heterocycles. The maximum atomic E-state index is 9.69. The molecule has 0 spiro atoms. The van der Waals surface area contributed by atoms with Gasteiger partial charge in [0.25, 0.3) is 0 Å². The molecule has 17 heavy (non-hydrogen) atoms. The second-order valence-electron chi connectivity index (χ2n) is 4.36. The highest BCUT2D eigenvalue weighted by atomic mass is 16.3. The van der Waals surface area contributed by atoms with Crippen LogP contribution in [-0.4, -0.2) is 29.0 Å². The highest BCUT2D eigenvalue weighted by Crippen LogP contribution is 2.16. The molecule has 4 heteroatoms. The highest BCUT2D eigenvalue weighted by Gasteiger charge is 2.21. The van der Waals surface area contributed by atoms with E-state index in [1.165, 1.54) is 0 Å². The van der Waals surface area contributed by atoms with E-state index < -0.39 is 5.60 Å². The van der Waals surface area contributed by atoms with Crippen molar-refractivity contribution < 1.29 is 10.2 Å². The van der Waals surface area contributed by atoms with Crippen molar-refractivity contribution in [3.63, 3.8) is 0 Å². The Balaban J connectivity index is 2.66. The van der Waals surface area contributed by atoms with E-state index in [0.29, 0.717) is 6.42 Å². The van der Waals surface area contributed by atoms with Crippen LogP contribution in [0.4, 0.5) is 0 Å². The van der Waals surface area contributed by atoms with E-state index in [0.717, 1.165) is 5.56 Å². The maximum absolute atomic E-state index is 9.69. The van der Waals surface area contributed by atoms with Crippen LogP contribution < -0.4 is 5.32 Å². The van der Waals surface area contributed by atoms with Crippen LogP contribution >= 0.6 is 0 Å². The lowest BCUT2D eigenvalue weighted by molar-refractivity contribution is 0.000766. The van der Waals surface area contributed by atoms with Crippen LogP contribution in [0.15, 0.2) is 30.3 Å². The fraction of sp³-hybridized carbons (Fsp3) is 0.462. The number of hydrogen-bond donors (Lipinski definition) is 3. The van der Waals surface area contributed by atoms with Crippen LogP contribution in [0.3, 0.4) is 0 Å². The molecule has 1 rings (SSSR count). The zero-order chi connectivity index (χ0) is 12.7. The van der Waals surface area contributed by atoms with Gasteiger partial charge in [-0.25, -0.2) is 0 Å². The summed E-state index contributed by atoms with van der Waals surface area (Å²) in [5.41, 5.74) is -0.162. The molecule has 92 valence electrons. The monoisotopic (exact) mass is 234 g/mol. The van der Waals surface area contributed by atoms with Gasteiger partial charge in [-0.15, -0.1) is 0 Å². The van der Waals surface area contributed by atoms with Gasteiger partial charge < -0.3 is 15.5 Å². The fourth-order valence-corrected chi connectivity index (χ4v) is 1.48. The molecule has 0 amide bonds. The highest BCUT2D eigenvalue weighted by molar-refractivity contribution is 5.20. The van der Waals surface area contributed by atoms with Crippen molar-refractivity contribution in [2.45, 2.75) is 25.0 Å². The summed E-state index contributed by atoms with van der Waals surface area (Å²) in [5, 5.41) is 30.5. The second kappa shape index (κ2) is 6.36. The van der Waals surface area contributed by atoms with Gasteiger partial charge >= 0.3 is 0 Å². The van der Waals surface area contributed by atoms with Gasteiger partial charge in [-0.2, -0.15) is 5.26 Å². The average Bonchev–Trinajstić information content (AvgIpc) is 2.35.